The first-order chi connectivity index (χ1) is 16.1. The van der Waals surface area contributed by atoms with Gasteiger partial charge < -0.3 is 14.8 Å². The molecule has 0 aliphatic heterocycles. The Kier molecular flexibility index (Phi) is 10.4. The molecule has 0 fully saturated rings. The Balaban J connectivity index is 1.66. The zero-order valence-electron chi connectivity index (χ0n) is 19.7. The lowest BCUT2D eigenvalue weighted by Gasteiger charge is -2.19. The maximum atomic E-state index is 13.2. The molecule has 1 heterocycles. The third kappa shape index (κ3) is 7.69. The van der Waals surface area contributed by atoms with Crippen LogP contribution in [-0.4, -0.2) is 47.3 Å². The number of hydrogen-bond donors (Lipinski definition) is 1. The number of rotatable bonds is 13. The van der Waals surface area contributed by atoms with E-state index in [4.69, 9.17) is 9.47 Å². The normalized spacial score (nSPS) is 14.0. The average Bonchev–Trinajstić information content (AvgIpc) is 2.83. The van der Waals surface area contributed by atoms with Crippen molar-refractivity contribution in [2.75, 3.05) is 25.5 Å². The predicted molar refractivity (Wildman–Crippen MR) is 133 cm³/mol. The summed E-state index contributed by atoms with van der Waals surface area (Å²) in [7, 11) is 0. The molecule has 0 saturated heterocycles. The fourth-order valence-corrected chi connectivity index (χ4v) is 4.81. The van der Waals surface area contributed by atoms with Crippen LogP contribution in [-0.2, 0) is 20.8 Å². The van der Waals surface area contributed by atoms with Gasteiger partial charge in [0.15, 0.2) is 11.4 Å². The fraction of sp³-hybridized carbons (Fsp3) is 0.560. The summed E-state index contributed by atoms with van der Waals surface area (Å²) in [6.07, 6.45) is 8.16. The van der Waals surface area contributed by atoms with Crippen LogP contribution in [0.25, 0.3) is 10.9 Å². The van der Waals surface area contributed by atoms with E-state index in [-0.39, 0.29) is 23.5 Å². The van der Waals surface area contributed by atoms with Gasteiger partial charge in [-0.1, -0.05) is 35.5 Å². The number of benzene rings is 1. The predicted octanol–water partition coefficient (Wildman–Crippen LogP) is 4.28. The number of fused-ring (bicyclic) bond motifs is 1. The summed E-state index contributed by atoms with van der Waals surface area (Å²) < 4.78 is 12.9. The van der Waals surface area contributed by atoms with Gasteiger partial charge in [-0.15, -0.1) is 0 Å². The van der Waals surface area contributed by atoms with Crippen molar-refractivity contribution in [1.29, 1.82) is 0 Å². The first kappa shape index (κ1) is 25.5. The molecule has 0 radical (unpaired) electrons. The minimum Gasteiger partial charge on any atom is -0.355 e. The van der Waals surface area contributed by atoms with Gasteiger partial charge >= 0.3 is 0 Å². The van der Waals surface area contributed by atoms with Gasteiger partial charge in [0.1, 0.15) is 0 Å². The van der Waals surface area contributed by atoms with Crippen LogP contribution in [0, 0.1) is 0 Å². The number of carbonyl (C=O) groups is 1. The van der Waals surface area contributed by atoms with Crippen LogP contribution in [0.4, 0.5) is 0 Å². The molecule has 0 saturated carbocycles. The summed E-state index contributed by atoms with van der Waals surface area (Å²) in [6.45, 7) is 5.95. The second kappa shape index (κ2) is 13.5. The first-order valence-electron chi connectivity index (χ1n) is 11.9. The molecule has 3 rings (SSSR count). The van der Waals surface area contributed by atoms with E-state index in [0.29, 0.717) is 48.8 Å². The monoisotopic (exact) mass is 473 g/mol. The van der Waals surface area contributed by atoms with Crippen LogP contribution < -0.4 is 10.9 Å². The van der Waals surface area contributed by atoms with Crippen molar-refractivity contribution in [2.45, 2.75) is 70.4 Å². The van der Waals surface area contributed by atoms with E-state index in [9.17, 15) is 9.59 Å². The molecule has 0 bridgehead atoms. The Hall–Kier alpha value is -2.16. The number of ether oxygens (including phenoxy) is 2. The topological polar surface area (TPSA) is 82.5 Å². The number of hydrogen-bond acceptors (Lipinski definition) is 6. The molecule has 7 nitrogen and oxygen atoms in total. The van der Waals surface area contributed by atoms with Gasteiger partial charge in [0.2, 0.25) is 5.91 Å². The Morgan fingerprint density at radius 2 is 2.00 bits per heavy atom. The molecule has 1 aliphatic rings. The fourth-order valence-electron chi connectivity index (χ4n) is 3.95. The largest absolute Gasteiger partial charge is 0.355 e. The maximum absolute atomic E-state index is 13.2. The van der Waals surface area contributed by atoms with Gasteiger partial charge in [-0.05, 0) is 58.1 Å². The molecule has 0 atom stereocenters. The number of nitrogens with one attached hydrogen (secondary N) is 1. The van der Waals surface area contributed by atoms with E-state index in [1.807, 2.05) is 32.0 Å². The average molecular weight is 474 g/mol. The van der Waals surface area contributed by atoms with Gasteiger partial charge in [0, 0.05) is 32.7 Å². The van der Waals surface area contributed by atoms with Crippen molar-refractivity contribution < 1.29 is 14.3 Å². The minimum atomic E-state index is -0.381. The van der Waals surface area contributed by atoms with Crippen molar-refractivity contribution in [3.05, 3.63) is 46.3 Å². The van der Waals surface area contributed by atoms with Crippen molar-refractivity contribution in [3.8, 4) is 0 Å². The Morgan fingerprint density at radius 3 is 2.73 bits per heavy atom. The Morgan fingerprint density at radius 1 is 1.21 bits per heavy atom. The highest BCUT2D eigenvalue weighted by Crippen LogP contribution is 2.20. The molecule has 33 heavy (non-hydrogen) atoms. The van der Waals surface area contributed by atoms with E-state index in [0.717, 1.165) is 19.3 Å². The molecule has 180 valence electrons. The Labute approximate surface area is 199 Å². The lowest BCUT2D eigenvalue weighted by atomic mass is 9.97. The van der Waals surface area contributed by atoms with Gasteiger partial charge in [-0.25, -0.2) is 4.98 Å². The molecule has 0 unspecified atom stereocenters. The number of aromatic nitrogens is 2. The number of nitrogens with zero attached hydrogens (tertiary/aromatic N) is 2. The lowest BCUT2D eigenvalue weighted by Crippen LogP contribution is -2.29. The summed E-state index contributed by atoms with van der Waals surface area (Å²) in [5, 5.41) is 4.10. The van der Waals surface area contributed by atoms with E-state index >= 15 is 0 Å². The minimum absolute atomic E-state index is 0.0492. The standard InChI is InChI=1S/C25H35N3O4S/c1-3-31-23(32-4-2)15-17-28-24(30)20-12-8-9-13-21(20)27-25(28)33-18-22(29)26-16-14-19-10-6-5-7-11-19/h8-10,12-13,23H,3-7,11,14-18H2,1-2H3,(H,26,29). The third-order valence-electron chi connectivity index (χ3n) is 5.61. The molecule has 2 aromatic rings. The number of thioether (sulfide) groups is 1. The Bertz CT molecular complexity index is 999. The molecule has 8 heteroatoms. The summed E-state index contributed by atoms with van der Waals surface area (Å²) in [6, 6.07) is 7.30. The summed E-state index contributed by atoms with van der Waals surface area (Å²) in [4.78, 5) is 30.3. The van der Waals surface area contributed by atoms with E-state index in [1.54, 1.807) is 10.6 Å². The highest BCUT2D eigenvalue weighted by molar-refractivity contribution is 7.99. The van der Waals surface area contributed by atoms with Crippen LogP contribution in [0.2, 0.25) is 0 Å². The zero-order valence-corrected chi connectivity index (χ0v) is 20.5. The smallest absolute Gasteiger partial charge is 0.262 e. The summed E-state index contributed by atoms with van der Waals surface area (Å²) in [5.74, 6) is 0.163. The first-order valence-corrected chi connectivity index (χ1v) is 12.9. The van der Waals surface area contributed by atoms with Crippen LogP contribution in [0.3, 0.4) is 0 Å². The van der Waals surface area contributed by atoms with Crippen molar-refractivity contribution >= 4 is 28.6 Å². The molecule has 0 spiro atoms. The van der Waals surface area contributed by atoms with Crippen LogP contribution in [0.1, 0.15) is 52.4 Å². The molecule has 1 aliphatic carbocycles. The lowest BCUT2D eigenvalue weighted by molar-refractivity contribution is -0.141. The van der Waals surface area contributed by atoms with Crippen molar-refractivity contribution in [3.63, 3.8) is 0 Å². The highest BCUT2D eigenvalue weighted by atomic mass is 32.2. The molecule has 1 N–H and O–H groups in total. The molecule has 1 amide bonds. The number of allylic oxidation sites excluding steroid dienone is 1. The second-order valence-corrected chi connectivity index (χ2v) is 8.94. The number of para-hydroxylation sites is 1. The van der Waals surface area contributed by atoms with E-state index in [2.05, 4.69) is 16.4 Å². The molecule has 1 aromatic carbocycles. The van der Waals surface area contributed by atoms with Crippen LogP contribution in [0.5, 0.6) is 0 Å². The van der Waals surface area contributed by atoms with Crippen LogP contribution in [0.15, 0.2) is 45.9 Å². The van der Waals surface area contributed by atoms with Crippen molar-refractivity contribution in [1.82, 2.24) is 14.9 Å². The summed E-state index contributed by atoms with van der Waals surface area (Å²) in [5.41, 5.74) is 1.97. The maximum Gasteiger partial charge on any atom is 0.262 e. The molecular formula is C25H35N3O4S. The van der Waals surface area contributed by atoms with Gasteiger partial charge in [0.25, 0.3) is 5.56 Å². The number of amides is 1. The van der Waals surface area contributed by atoms with Gasteiger partial charge in [-0.3, -0.25) is 14.2 Å². The SMILES string of the molecule is CCOC(CCn1c(SCC(=O)NCCC2=CCCCC2)nc2ccccc2c1=O)OCC. The quantitative estimate of drug-likeness (QED) is 0.202. The zero-order chi connectivity index (χ0) is 23.5. The van der Waals surface area contributed by atoms with Gasteiger partial charge in [-0.2, -0.15) is 0 Å². The number of carbonyl (C=O) groups excluding carboxylic acids is 1. The van der Waals surface area contributed by atoms with Gasteiger partial charge in [0.05, 0.1) is 16.7 Å². The van der Waals surface area contributed by atoms with Crippen LogP contribution >= 0.6 is 11.8 Å². The van der Waals surface area contributed by atoms with Crippen molar-refractivity contribution in [2.24, 2.45) is 0 Å². The molecular weight excluding hydrogens is 438 g/mol. The summed E-state index contributed by atoms with van der Waals surface area (Å²) >= 11 is 1.29. The van der Waals surface area contributed by atoms with E-state index in [1.165, 1.54) is 30.2 Å². The highest BCUT2D eigenvalue weighted by Gasteiger charge is 2.16. The molecule has 1 aromatic heterocycles. The second-order valence-electron chi connectivity index (χ2n) is 7.99. The third-order valence-corrected chi connectivity index (χ3v) is 6.58. The van der Waals surface area contributed by atoms with E-state index < -0.39 is 0 Å².